The maximum absolute atomic E-state index is 7.66. The van der Waals surface area contributed by atoms with Gasteiger partial charge in [-0.25, -0.2) is 0 Å². The lowest BCUT2D eigenvalue weighted by atomic mass is 9.34. The highest BCUT2D eigenvalue weighted by Crippen LogP contribution is 2.54. The summed E-state index contributed by atoms with van der Waals surface area (Å²) < 4.78 is 19.8. The van der Waals surface area contributed by atoms with Crippen molar-refractivity contribution >= 4 is 107 Å². The van der Waals surface area contributed by atoms with Crippen LogP contribution in [0, 0.1) is 6.92 Å². The van der Waals surface area contributed by atoms with Crippen LogP contribution in [0.2, 0.25) is 0 Å². The maximum atomic E-state index is 7.66. The summed E-state index contributed by atoms with van der Waals surface area (Å²) in [4.78, 5) is 2.52. The molecule has 0 radical (unpaired) electrons. The monoisotopic (exact) mass is 1550 g/mol. The van der Waals surface area contributed by atoms with Crippen LogP contribution < -0.4 is 47.2 Å². The first kappa shape index (κ1) is 80.2. The van der Waals surface area contributed by atoms with Crippen molar-refractivity contribution in [1.29, 1.82) is 0 Å². The van der Waals surface area contributed by atoms with E-state index in [1.54, 1.807) is 0 Å². The molecule has 600 valence electrons. The number of anilines is 3. The highest BCUT2D eigenvalue weighted by Gasteiger charge is 2.43. The van der Waals surface area contributed by atoms with Crippen LogP contribution in [0.25, 0.3) is 55.0 Å². The van der Waals surface area contributed by atoms with E-state index in [1.807, 2.05) is 0 Å². The highest BCUT2D eigenvalue weighted by atomic mass is 16.5. The summed E-state index contributed by atoms with van der Waals surface area (Å²) in [7, 11) is 0. The molecule has 0 atom stereocenters. The lowest BCUT2D eigenvalue weighted by molar-refractivity contribution is 0.480. The van der Waals surface area contributed by atoms with Crippen molar-refractivity contribution in [3.05, 3.63) is 290 Å². The zero-order chi connectivity index (χ0) is 83.8. The Labute approximate surface area is 705 Å². The topological polar surface area (TPSA) is 31.6 Å². The van der Waals surface area contributed by atoms with E-state index in [9.17, 15) is 0 Å². The molecule has 0 N–H and O–H groups in total. The van der Waals surface area contributed by atoms with Gasteiger partial charge in [0.05, 0.1) is 33.4 Å². The number of benzene rings is 12. The van der Waals surface area contributed by atoms with E-state index in [1.165, 1.54) is 166 Å². The normalized spacial score (nSPS) is 14.2. The first-order valence-electron chi connectivity index (χ1n) is 44.2. The van der Waals surface area contributed by atoms with Gasteiger partial charge >= 0.3 is 0 Å². The van der Waals surface area contributed by atoms with Crippen LogP contribution in [-0.4, -0.2) is 22.6 Å². The van der Waals surface area contributed by atoms with E-state index >= 15 is 0 Å². The van der Waals surface area contributed by atoms with Crippen LogP contribution in [0.1, 0.15) is 293 Å². The molecular weight excluding hydrogens is 1430 g/mol. The molecule has 0 saturated carbocycles. The number of fused-ring (bicyclic) bond motifs is 12. The number of aromatic nitrogens is 2. The van der Waals surface area contributed by atoms with Gasteiger partial charge in [0, 0.05) is 62.2 Å². The third-order valence-corrected chi connectivity index (χ3v) is 27.3. The molecule has 0 aliphatic carbocycles. The molecule has 5 heterocycles. The van der Waals surface area contributed by atoms with E-state index in [0.29, 0.717) is 35.5 Å². The second kappa shape index (κ2) is 29.1. The van der Waals surface area contributed by atoms with Crippen LogP contribution in [0.3, 0.4) is 0 Å². The highest BCUT2D eigenvalue weighted by molar-refractivity contribution is 6.98. The molecule has 0 bridgehead atoms. The number of hydrogen-bond acceptors (Lipinski definition) is 3. The molecule has 0 unspecified atom stereocenters. The Morgan fingerprint density at radius 2 is 0.695 bits per heavy atom. The molecule has 17 rings (SSSR count). The Balaban J connectivity index is 0.750. The van der Waals surface area contributed by atoms with Gasteiger partial charge in [-0.15, -0.1) is 0 Å². The number of hydrogen-bond donors (Lipinski definition) is 0. The van der Waals surface area contributed by atoms with Crippen molar-refractivity contribution in [2.24, 2.45) is 0 Å². The number of aryl methyl sites for hydroxylation is 2. The fourth-order valence-corrected chi connectivity index (χ4v) is 20.0. The maximum Gasteiger partial charge on any atom is 0.251 e. The molecule has 7 heteroatoms. The SMILES string of the molecule is Cc1ccc2c(c1)C(C)(C)c1cc(CCC(C)(C)c3ccc4c(c3)c3cc(C(C)(C)C)ccc3n4-c3ccc4c(c3)Oc3cc(-n5c6ccc(C(C)(C)C)cc6c6cc(C(C)(C)C)ccc65)ccc3B4c3c(C(C)C)cc(C(C)C)cc3C(C)C)ccc1N2c1ccc2c(c1)Oc1ccccc1B2c1c(C(C)C)cc(C(C)C)cc1C(C)C. The Kier molecular flexibility index (Phi) is 19.7. The van der Waals surface area contributed by atoms with Crippen molar-refractivity contribution in [3.63, 3.8) is 0 Å². The van der Waals surface area contributed by atoms with Gasteiger partial charge in [-0.05, 0) is 256 Å². The van der Waals surface area contributed by atoms with E-state index in [4.69, 9.17) is 9.47 Å². The van der Waals surface area contributed by atoms with Gasteiger partial charge in [0.15, 0.2) is 0 Å². The molecule has 0 saturated heterocycles. The van der Waals surface area contributed by atoms with Gasteiger partial charge in [-0.3, -0.25) is 0 Å². The lowest BCUT2D eigenvalue weighted by Crippen LogP contribution is -2.57. The van der Waals surface area contributed by atoms with Gasteiger partial charge in [0.1, 0.15) is 23.0 Å². The quantitative estimate of drug-likeness (QED) is 0.0959. The fraction of sp³-hybridized carbons (Fsp3) is 0.351. The van der Waals surface area contributed by atoms with Crippen LogP contribution in [-0.2, 0) is 33.5 Å². The van der Waals surface area contributed by atoms with Crippen molar-refractivity contribution in [3.8, 4) is 34.4 Å². The second-order valence-corrected chi connectivity index (χ2v) is 41.5. The number of para-hydroxylation sites is 1. The lowest BCUT2D eigenvalue weighted by Gasteiger charge is -2.43. The van der Waals surface area contributed by atoms with E-state index in [2.05, 4.69) is 406 Å². The first-order chi connectivity index (χ1) is 55.7. The van der Waals surface area contributed by atoms with Crippen molar-refractivity contribution in [2.45, 2.75) is 255 Å². The first-order valence-corrected chi connectivity index (χ1v) is 44.2. The van der Waals surface area contributed by atoms with Crippen LogP contribution in [0.4, 0.5) is 17.1 Å². The van der Waals surface area contributed by atoms with Crippen molar-refractivity contribution in [2.75, 3.05) is 4.90 Å². The standard InChI is InChI=1S/C111H123B2N3O2/c1-64(2)72-53-81(66(5)6)105(82(54-72)67(7)8)112-91-29-27-28-30-101(91)117-102-63-80(39-42-92(102)112)116-99-43-31-70(13)51-89(99)111(25,26)90-52-71(32-44-100(90)116)49-50-110(23,24)77-36-48-98-88(60-77)87-59-76(109(20,21)22)35-47-97(87)115(98)79-38-41-94-104(62-79)118-103-61-78(37-40-93(103)113(94)106-83(68(9)10)55-73(65(3)4)56-84(106)69(11)12)114-95-45-33-74(107(14,15)16)57-85(95)86-58-75(108(17,18)19)34-46-96(86)114/h27-48,51-69H,49-50H2,1-26H3. The van der Waals surface area contributed by atoms with Gasteiger partial charge in [0.2, 0.25) is 0 Å². The fourth-order valence-electron chi connectivity index (χ4n) is 20.0. The summed E-state index contributed by atoms with van der Waals surface area (Å²) in [6, 6.07) is 83.6. The number of ether oxygens (including phenoxy) is 2. The van der Waals surface area contributed by atoms with Gasteiger partial charge in [-0.2, -0.15) is 0 Å². The zero-order valence-corrected chi connectivity index (χ0v) is 75.4. The number of rotatable bonds is 15. The molecule has 0 amide bonds. The Morgan fingerprint density at radius 1 is 0.339 bits per heavy atom. The largest absolute Gasteiger partial charge is 0.458 e. The minimum Gasteiger partial charge on any atom is -0.458 e. The van der Waals surface area contributed by atoms with Gasteiger partial charge in [-0.1, -0.05) is 299 Å². The molecule has 2 aromatic heterocycles. The van der Waals surface area contributed by atoms with Crippen LogP contribution in [0.15, 0.2) is 212 Å². The second-order valence-electron chi connectivity index (χ2n) is 41.5. The predicted molar refractivity (Wildman–Crippen MR) is 510 cm³/mol. The Hall–Kier alpha value is -10.2. The molecule has 14 aromatic rings. The average molecular weight is 1550 g/mol. The minimum absolute atomic E-state index is 0.0116. The third-order valence-electron chi connectivity index (χ3n) is 27.3. The van der Waals surface area contributed by atoms with Gasteiger partial charge < -0.3 is 23.5 Å². The predicted octanol–water partition coefficient (Wildman–Crippen LogP) is 27.1. The van der Waals surface area contributed by atoms with E-state index in [-0.39, 0.29) is 40.5 Å². The molecule has 118 heavy (non-hydrogen) atoms. The summed E-state index contributed by atoms with van der Waals surface area (Å²) in [5.74, 6) is 5.74. The summed E-state index contributed by atoms with van der Waals surface area (Å²) >= 11 is 0. The molecular formula is C111H123B2N3O2. The zero-order valence-electron chi connectivity index (χ0n) is 75.4. The average Bonchev–Trinajstić information content (AvgIpc) is 1.00. The van der Waals surface area contributed by atoms with Crippen molar-refractivity contribution in [1.82, 2.24) is 9.13 Å². The summed E-state index contributed by atoms with van der Waals surface area (Å²) in [5.41, 5.74) is 36.7. The van der Waals surface area contributed by atoms with E-state index in [0.717, 1.165) is 52.9 Å². The van der Waals surface area contributed by atoms with Crippen molar-refractivity contribution < 1.29 is 9.47 Å². The molecule has 3 aliphatic heterocycles. The Morgan fingerprint density at radius 3 is 1.10 bits per heavy atom. The van der Waals surface area contributed by atoms with Crippen LogP contribution in [0.5, 0.6) is 23.0 Å². The third kappa shape index (κ3) is 13.6. The molecule has 0 fully saturated rings. The molecule has 12 aromatic carbocycles. The smallest absolute Gasteiger partial charge is 0.251 e. The summed E-state index contributed by atoms with van der Waals surface area (Å²) in [5, 5.41) is 5.08. The molecule has 3 aliphatic rings. The molecule has 0 spiro atoms. The Bertz CT molecular complexity index is 6250. The van der Waals surface area contributed by atoms with Crippen LogP contribution >= 0.6 is 0 Å². The summed E-state index contributed by atoms with van der Waals surface area (Å²) in [6.45, 7) is 61.3. The van der Waals surface area contributed by atoms with Gasteiger partial charge in [0.25, 0.3) is 13.4 Å². The molecule has 5 nitrogen and oxygen atoms in total. The number of nitrogens with zero attached hydrogens (tertiary/aromatic N) is 3. The van der Waals surface area contributed by atoms with E-state index < -0.39 is 0 Å². The minimum atomic E-state index is -0.280. The summed E-state index contributed by atoms with van der Waals surface area (Å²) in [6.07, 6.45) is 1.88.